The second kappa shape index (κ2) is 15.2. The maximum atomic E-state index is 5.16. The molecule has 0 radical (unpaired) electrons. The molecule has 0 aliphatic heterocycles. The summed E-state index contributed by atoms with van der Waals surface area (Å²) in [4.78, 5) is 19.7. The maximum absolute atomic E-state index is 5.16. The van der Waals surface area contributed by atoms with E-state index in [9.17, 15) is 0 Å². The van der Waals surface area contributed by atoms with Crippen LogP contribution in [0.15, 0.2) is 243 Å². The van der Waals surface area contributed by atoms with Gasteiger partial charge in [-0.25, -0.2) is 0 Å². The molecule has 64 heavy (non-hydrogen) atoms. The second-order valence-corrected chi connectivity index (χ2v) is 16.5. The quantitative estimate of drug-likeness (QED) is 0.153. The van der Waals surface area contributed by atoms with Crippen LogP contribution in [0.5, 0.6) is 0 Å². The van der Waals surface area contributed by atoms with Crippen LogP contribution in [0, 0.1) is 0 Å². The SMILES string of the molecule is c1ccc(C2(c3cccc(C(=C(c4cccnc4)c4cccnc4)c4cccc(C5(c6ccccn6)c6ccccc6-c6ccccc65)c4)c3)c3ccccc3-c3ccccc32)nc1. The second-order valence-electron chi connectivity index (χ2n) is 16.5. The molecule has 300 valence electrons. The van der Waals surface area contributed by atoms with Crippen molar-refractivity contribution in [2.75, 3.05) is 0 Å². The van der Waals surface area contributed by atoms with E-state index < -0.39 is 10.8 Å². The summed E-state index contributed by atoms with van der Waals surface area (Å²) < 4.78 is 0. The summed E-state index contributed by atoms with van der Waals surface area (Å²) in [7, 11) is 0. The van der Waals surface area contributed by atoms with Crippen LogP contribution in [0.2, 0.25) is 0 Å². The largest absolute Gasteiger partial charge is 0.264 e. The first-order valence-corrected chi connectivity index (χ1v) is 21.8. The molecule has 0 bridgehead atoms. The van der Waals surface area contributed by atoms with Crippen LogP contribution in [0.3, 0.4) is 0 Å². The van der Waals surface area contributed by atoms with Crippen LogP contribution in [0.25, 0.3) is 33.4 Å². The van der Waals surface area contributed by atoms with Crippen molar-refractivity contribution in [2.24, 2.45) is 0 Å². The van der Waals surface area contributed by atoms with Gasteiger partial charge in [-0.1, -0.05) is 158 Å². The lowest BCUT2D eigenvalue weighted by Crippen LogP contribution is -2.30. The zero-order valence-corrected chi connectivity index (χ0v) is 34.9. The van der Waals surface area contributed by atoms with Crippen LogP contribution in [-0.4, -0.2) is 19.9 Å². The summed E-state index contributed by atoms with van der Waals surface area (Å²) in [5, 5.41) is 0. The minimum Gasteiger partial charge on any atom is -0.264 e. The van der Waals surface area contributed by atoms with Gasteiger partial charge >= 0.3 is 0 Å². The van der Waals surface area contributed by atoms with Crippen molar-refractivity contribution in [3.05, 3.63) is 310 Å². The summed E-state index contributed by atoms with van der Waals surface area (Å²) in [6.07, 6.45) is 11.4. The fraction of sp³-hybridized carbons (Fsp3) is 0.0333. The average Bonchev–Trinajstić information content (AvgIpc) is 3.86. The third-order valence-corrected chi connectivity index (χ3v) is 13.3. The van der Waals surface area contributed by atoms with E-state index in [1.165, 1.54) is 44.5 Å². The lowest BCUT2D eigenvalue weighted by Gasteiger charge is -2.34. The Bertz CT molecular complexity index is 3060. The summed E-state index contributed by atoms with van der Waals surface area (Å²) >= 11 is 0. The molecule has 2 aliphatic carbocycles. The van der Waals surface area contributed by atoms with Crippen molar-refractivity contribution in [3.63, 3.8) is 0 Å². The molecule has 4 heteroatoms. The topological polar surface area (TPSA) is 51.6 Å². The molecule has 0 saturated heterocycles. The molecule has 2 aliphatic rings. The highest BCUT2D eigenvalue weighted by Crippen LogP contribution is 2.58. The summed E-state index contributed by atoms with van der Waals surface area (Å²) in [5.41, 5.74) is 18.8. The zero-order chi connectivity index (χ0) is 42.5. The molecular formula is C60H40N4. The van der Waals surface area contributed by atoms with Crippen molar-refractivity contribution in [3.8, 4) is 22.3 Å². The van der Waals surface area contributed by atoms with E-state index in [1.54, 1.807) is 0 Å². The standard InChI is InChI=1S/C60H40N4/c1-5-27-51-47(23-1)48-24-2-6-28-52(48)59(51,55-31-9-11-35-63-55)45-21-13-17-41(37-45)57(58(43-19-15-33-61-39-43)44-20-16-34-62-40-44)42-18-14-22-46(38-42)60(56-32-10-12-36-64-56)53-29-7-3-25-49(53)50-26-4-8-30-54(50)60/h1-40H. The maximum Gasteiger partial charge on any atom is 0.0886 e. The first-order valence-electron chi connectivity index (χ1n) is 21.8. The number of rotatable bonds is 8. The van der Waals surface area contributed by atoms with E-state index >= 15 is 0 Å². The van der Waals surface area contributed by atoms with Gasteiger partial charge < -0.3 is 0 Å². The van der Waals surface area contributed by atoms with Crippen molar-refractivity contribution < 1.29 is 0 Å². The van der Waals surface area contributed by atoms with Gasteiger partial charge in [-0.15, -0.1) is 0 Å². The molecule has 10 aromatic rings. The molecule has 6 aromatic carbocycles. The molecule has 0 saturated carbocycles. The van der Waals surface area contributed by atoms with Gasteiger partial charge in [-0.3, -0.25) is 19.9 Å². The Morgan fingerprint density at radius 1 is 0.297 bits per heavy atom. The highest BCUT2D eigenvalue weighted by atomic mass is 14.7. The van der Waals surface area contributed by atoms with E-state index in [-0.39, 0.29) is 0 Å². The van der Waals surface area contributed by atoms with Gasteiger partial charge in [0.05, 0.1) is 22.2 Å². The number of hydrogen-bond acceptors (Lipinski definition) is 4. The Morgan fingerprint density at radius 2 is 0.656 bits per heavy atom. The van der Waals surface area contributed by atoms with E-state index in [0.29, 0.717) is 0 Å². The molecule has 0 unspecified atom stereocenters. The zero-order valence-electron chi connectivity index (χ0n) is 34.9. The minimum absolute atomic E-state index is 0.680. The third-order valence-electron chi connectivity index (χ3n) is 13.3. The number of fused-ring (bicyclic) bond motifs is 6. The monoisotopic (exact) mass is 816 g/mol. The highest BCUT2D eigenvalue weighted by Gasteiger charge is 2.48. The molecule has 0 fully saturated rings. The first-order chi connectivity index (χ1) is 31.8. The predicted molar refractivity (Wildman–Crippen MR) is 257 cm³/mol. The van der Waals surface area contributed by atoms with Gasteiger partial charge in [0.15, 0.2) is 0 Å². The number of hydrogen-bond donors (Lipinski definition) is 0. The number of nitrogens with zero attached hydrogens (tertiary/aromatic N) is 4. The van der Waals surface area contributed by atoms with Gasteiger partial charge in [0.2, 0.25) is 0 Å². The van der Waals surface area contributed by atoms with Gasteiger partial charge in [-0.2, -0.15) is 0 Å². The summed E-state index contributed by atoms with van der Waals surface area (Å²) in [6.45, 7) is 0. The van der Waals surface area contributed by atoms with Crippen molar-refractivity contribution in [1.82, 2.24) is 19.9 Å². The highest BCUT2D eigenvalue weighted by molar-refractivity contribution is 6.05. The first kappa shape index (κ1) is 37.4. The fourth-order valence-corrected chi connectivity index (χ4v) is 10.9. The lowest BCUT2D eigenvalue weighted by molar-refractivity contribution is 0.734. The van der Waals surface area contributed by atoms with Crippen LogP contribution in [-0.2, 0) is 10.8 Å². The molecule has 12 rings (SSSR count). The van der Waals surface area contributed by atoms with E-state index in [0.717, 1.165) is 55.9 Å². The molecule has 0 atom stereocenters. The Balaban J connectivity index is 1.18. The molecule has 0 amide bonds. The van der Waals surface area contributed by atoms with Crippen molar-refractivity contribution >= 4 is 11.1 Å². The van der Waals surface area contributed by atoms with E-state index in [2.05, 4.69) is 182 Å². The normalized spacial score (nSPS) is 13.6. The summed E-state index contributed by atoms with van der Waals surface area (Å²) in [6, 6.07) is 74.5. The minimum atomic E-state index is -0.680. The number of pyridine rings is 4. The number of benzene rings is 6. The molecule has 4 nitrogen and oxygen atoms in total. The average molecular weight is 817 g/mol. The lowest BCUT2D eigenvalue weighted by atomic mass is 9.68. The molecule has 4 aromatic heterocycles. The van der Waals surface area contributed by atoms with Gasteiger partial charge in [0.25, 0.3) is 0 Å². The smallest absolute Gasteiger partial charge is 0.0886 e. The Labute approximate surface area is 373 Å². The number of aromatic nitrogens is 4. The van der Waals surface area contributed by atoms with E-state index in [1.807, 2.05) is 61.4 Å². The Kier molecular flexibility index (Phi) is 8.91. The van der Waals surface area contributed by atoms with Gasteiger partial charge in [-0.05, 0) is 121 Å². The van der Waals surface area contributed by atoms with Gasteiger partial charge in [0, 0.05) is 53.9 Å². The van der Waals surface area contributed by atoms with Crippen LogP contribution >= 0.6 is 0 Å². The Hall–Kier alpha value is -8.34. The van der Waals surface area contributed by atoms with Crippen LogP contribution in [0.4, 0.5) is 0 Å². The van der Waals surface area contributed by atoms with Crippen LogP contribution < -0.4 is 0 Å². The predicted octanol–water partition coefficient (Wildman–Crippen LogP) is 13.0. The third kappa shape index (κ3) is 5.56. The molecular weight excluding hydrogens is 777 g/mol. The molecule has 4 heterocycles. The van der Waals surface area contributed by atoms with Gasteiger partial charge in [0.1, 0.15) is 0 Å². The fourth-order valence-electron chi connectivity index (χ4n) is 10.9. The molecule has 0 spiro atoms. The van der Waals surface area contributed by atoms with E-state index in [4.69, 9.17) is 19.9 Å². The summed E-state index contributed by atoms with van der Waals surface area (Å²) in [5.74, 6) is 0. The van der Waals surface area contributed by atoms with Crippen molar-refractivity contribution in [2.45, 2.75) is 10.8 Å². The van der Waals surface area contributed by atoms with Crippen LogP contribution in [0.1, 0.15) is 67.0 Å². The molecule has 0 N–H and O–H groups in total. The Morgan fingerprint density at radius 3 is 1.02 bits per heavy atom. The van der Waals surface area contributed by atoms with Crippen molar-refractivity contribution in [1.29, 1.82) is 0 Å².